The first-order valence-corrected chi connectivity index (χ1v) is 8.17. The summed E-state index contributed by atoms with van der Waals surface area (Å²) in [6.45, 7) is 6.31. The standard InChI is InChI=1S/C19H19NOS/c1-19(2,3)20-16(13-9-5-4-6-10-13)18-17(21)14-11-7-8-12-15(14)22-18/h4-12,20H,1-3H3. The third kappa shape index (κ3) is 2.95. The monoisotopic (exact) mass is 309 g/mol. The van der Waals surface area contributed by atoms with Crippen LogP contribution in [-0.2, 0) is 0 Å². The first kappa shape index (κ1) is 14.9. The van der Waals surface area contributed by atoms with E-state index in [4.69, 9.17) is 0 Å². The number of hydrogen-bond donors (Lipinski definition) is 1. The van der Waals surface area contributed by atoms with Crippen LogP contribution in [0.1, 0.15) is 36.7 Å². The summed E-state index contributed by atoms with van der Waals surface area (Å²) in [5, 5.41) is 3.52. The third-order valence-corrected chi connectivity index (χ3v) is 4.51. The number of Topliss-reactive ketones (excluding diaryl/α,β-unsaturated/α-hetero) is 1. The largest absolute Gasteiger partial charge is 0.379 e. The number of benzene rings is 2. The van der Waals surface area contributed by atoms with E-state index in [-0.39, 0.29) is 11.3 Å². The number of rotatable bonds is 2. The summed E-state index contributed by atoms with van der Waals surface area (Å²) >= 11 is 1.56. The summed E-state index contributed by atoms with van der Waals surface area (Å²) in [6.07, 6.45) is 0. The van der Waals surface area contributed by atoms with Gasteiger partial charge in [0.15, 0.2) is 0 Å². The van der Waals surface area contributed by atoms with E-state index < -0.39 is 0 Å². The zero-order valence-corrected chi connectivity index (χ0v) is 13.8. The SMILES string of the molecule is CC(C)(C)NC(=C1Sc2ccccc2C1=O)c1ccccc1. The van der Waals surface area contributed by atoms with Crippen LogP contribution in [0.3, 0.4) is 0 Å². The summed E-state index contributed by atoms with van der Waals surface area (Å²) in [4.78, 5) is 14.6. The number of carbonyl (C=O) groups is 1. The van der Waals surface area contributed by atoms with E-state index in [9.17, 15) is 4.79 Å². The van der Waals surface area contributed by atoms with Gasteiger partial charge in [0.1, 0.15) is 0 Å². The second-order valence-electron chi connectivity index (χ2n) is 6.37. The van der Waals surface area contributed by atoms with Gasteiger partial charge < -0.3 is 5.32 Å². The maximum atomic E-state index is 12.8. The molecular formula is C19H19NOS. The zero-order chi connectivity index (χ0) is 15.7. The minimum Gasteiger partial charge on any atom is -0.379 e. The number of thioether (sulfide) groups is 1. The first-order valence-electron chi connectivity index (χ1n) is 7.35. The molecule has 0 aliphatic carbocycles. The Hall–Kier alpha value is -2.00. The molecule has 2 nitrogen and oxygen atoms in total. The summed E-state index contributed by atoms with van der Waals surface area (Å²) in [5.74, 6) is 0.108. The van der Waals surface area contributed by atoms with Gasteiger partial charge in [-0.05, 0) is 38.5 Å². The molecule has 1 heterocycles. The lowest BCUT2D eigenvalue weighted by Gasteiger charge is -2.25. The van der Waals surface area contributed by atoms with Crippen molar-refractivity contribution in [3.05, 3.63) is 70.6 Å². The van der Waals surface area contributed by atoms with Gasteiger partial charge >= 0.3 is 0 Å². The Morgan fingerprint density at radius 3 is 2.23 bits per heavy atom. The highest BCUT2D eigenvalue weighted by molar-refractivity contribution is 8.05. The van der Waals surface area contributed by atoms with Crippen molar-refractivity contribution in [1.29, 1.82) is 0 Å². The Morgan fingerprint density at radius 1 is 0.955 bits per heavy atom. The normalized spacial score (nSPS) is 16.4. The Kier molecular flexibility index (Phi) is 3.83. The van der Waals surface area contributed by atoms with Crippen LogP contribution in [0.2, 0.25) is 0 Å². The Labute approximate surface area is 135 Å². The van der Waals surface area contributed by atoms with Crippen LogP contribution in [0.4, 0.5) is 0 Å². The van der Waals surface area contributed by atoms with Crippen molar-refractivity contribution in [2.75, 3.05) is 0 Å². The lowest BCUT2D eigenvalue weighted by atomic mass is 10.0. The molecule has 0 spiro atoms. The van der Waals surface area contributed by atoms with Gasteiger partial charge in [0.2, 0.25) is 5.78 Å². The fraction of sp³-hybridized carbons (Fsp3) is 0.211. The van der Waals surface area contributed by atoms with E-state index >= 15 is 0 Å². The van der Waals surface area contributed by atoms with Crippen LogP contribution in [0.5, 0.6) is 0 Å². The van der Waals surface area contributed by atoms with Crippen LogP contribution in [0.15, 0.2) is 64.4 Å². The van der Waals surface area contributed by atoms with E-state index in [1.165, 1.54) is 0 Å². The van der Waals surface area contributed by atoms with Crippen molar-refractivity contribution in [2.24, 2.45) is 0 Å². The predicted octanol–water partition coefficient (Wildman–Crippen LogP) is 4.73. The molecular weight excluding hydrogens is 290 g/mol. The third-order valence-electron chi connectivity index (χ3n) is 3.34. The highest BCUT2D eigenvalue weighted by Gasteiger charge is 2.30. The molecule has 0 radical (unpaired) electrons. The number of fused-ring (bicyclic) bond motifs is 1. The molecule has 1 N–H and O–H groups in total. The highest BCUT2D eigenvalue weighted by Crippen LogP contribution is 2.43. The second kappa shape index (κ2) is 5.65. The van der Waals surface area contributed by atoms with Crippen molar-refractivity contribution in [3.63, 3.8) is 0 Å². The summed E-state index contributed by atoms with van der Waals surface area (Å²) < 4.78 is 0. The maximum Gasteiger partial charge on any atom is 0.202 e. The van der Waals surface area contributed by atoms with Crippen LogP contribution < -0.4 is 5.32 Å². The quantitative estimate of drug-likeness (QED) is 0.813. The van der Waals surface area contributed by atoms with Crippen molar-refractivity contribution < 1.29 is 4.79 Å². The topological polar surface area (TPSA) is 29.1 Å². The number of carbonyl (C=O) groups excluding carboxylic acids is 1. The zero-order valence-electron chi connectivity index (χ0n) is 13.0. The van der Waals surface area contributed by atoms with Crippen molar-refractivity contribution in [2.45, 2.75) is 31.2 Å². The molecule has 3 rings (SSSR count). The molecule has 112 valence electrons. The average Bonchev–Trinajstić information content (AvgIpc) is 2.82. The molecule has 22 heavy (non-hydrogen) atoms. The molecule has 0 saturated carbocycles. The van der Waals surface area contributed by atoms with Gasteiger partial charge in [-0.3, -0.25) is 4.79 Å². The van der Waals surface area contributed by atoms with Gasteiger partial charge in [-0.15, -0.1) is 0 Å². The van der Waals surface area contributed by atoms with Crippen LogP contribution in [0.25, 0.3) is 5.70 Å². The van der Waals surface area contributed by atoms with Crippen LogP contribution >= 0.6 is 11.8 Å². The minimum atomic E-state index is -0.117. The Morgan fingerprint density at radius 2 is 1.59 bits per heavy atom. The smallest absolute Gasteiger partial charge is 0.202 e. The molecule has 2 aromatic rings. The van der Waals surface area contributed by atoms with Crippen molar-refractivity contribution >= 4 is 23.2 Å². The number of hydrogen-bond acceptors (Lipinski definition) is 3. The fourth-order valence-corrected chi connectivity index (χ4v) is 3.54. The van der Waals surface area contributed by atoms with Crippen molar-refractivity contribution in [3.8, 4) is 0 Å². The van der Waals surface area contributed by atoms with Gasteiger partial charge in [0, 0.05) is 16.0 Å². The summed E-state index contributed by atoms with van der Waals surface area (Å²) in [5.41, 5.74) is 2.64. The molecule has 3 heteroatoms. The lowest BCUT2D eigenvalue weighted by molar-refractivity contribution is 0.104. The fourth-order valence-electron chi connectivity index (χ4n) is 2.43. The summed E-state index contributed by atoms with van der Waals surface area (Å²) in [6, 6.07) is 17.9. The lowest BCUT2D eigenvalue weighted by Crippen LogP contribution is -2.35. The van der Waals surface area contributed by atoms with Gasteiger partial charge in [-0.1, -0.05) is 54.2 Å². The average molecular weight is 309 g/mol. The number of allylic oxidation sites excluding steroid dienone is 1. The van der Waals surface area contributed by atoms with Gasteiger partial charge in [0.25, 0.3) is 0 Å². The van der Waals surface area contributed by atoms with Gasteiger partial charge in [0.05, 0.1) is 10.6 Å². The van der Waals surface area contributed by atoms with E-state index in [2.05, 4.69) is 26.1 Å². The minimum absolute atomic E-state index is 0.108. The molecule has 1 aliphatic rings. The second-order valence-corrected chi connectivity index (χ2v) is 7.42. The van der Waals surface area contributed by atoms with E-state index in [0.717, 1.165) is 26.6 Å². The maximum absolute atomic E-state index is 12.8. The molecule has 0 aromatic heterocycles. The number of ketones is 1. The first-order chi connectivity index (χ1) is 10.5. The molecule has 0 saturated heterocycles. The molecule has 2 aromatic carbocycles. The van der Waals surface area contributed by atoms with Gasteiger partial charge in [-0.25, -0.2) is 0 Å². The molecule has 0 bridgehead atoms. The Balaban J connectivity index is 2.12. The van der Waals surface area contributed by atoms with Crippen LogP contribution in [0, 0.1) is 0 Å². The number of nitrogens with one attached hydrogen (secondary N) is 1. The molecule has 0 atom stereocenters. The van der Waals surface area contributed by atoms with Gasteiger partial charge in [-0.2, -0.15) is 0 Å². The summed E-state index contributed by atoms with van der Waals surface area (Å²) in [7, 11) is 0. The highest BCUT2D eigenvalue weighted by atomic mass is 32.2. The predicted molar refractivity (Wildman–Crippen MR) is 92.9 cm³/mol. The molecule has 0 unspecified atom stereocenters. The Bertz CT molecular complexity index is 742. The van der Waals surface area contributed by atoms with E-state index in [0.29, 0.717) is 0 Å². The van der Waals surface area contributed by atoms with Crippen LogP contribution in [-0.4, -0.2) is 11.3 Å². The van der Waals surface area contributed by atoms with E-state index in [1.54, 1.807) is 11.8 Å². The molecule has 0 amide bonds. The van der Waals surface area contributed by atoms with E-state index in [1.807, 2.05) is 54.6 Å². The van der Waals surface area contributed by atoms with Crippen molar-refractivity contribution in [1.82, 2.24) is 5.32 Å². The molecule has 0 fully saturated rings. The molecule has 1 aliphatic heterocycles.